The highest BCUT2D eigenvalue weighted by molar-refractivity contribution is 5.91. The van der Waals surface area contributed by atoms with Crippen LogP contribution in [0.4, 0.5) is 0 Å². The lowest BCUT2D eigenvalue weighted by Crippen LogP contribution is -2.47. The topological polar surface area (TPSA) is 126 Å². The largest absolute Gasteiger partial charge is 0.355 e. The first kappa shape index (κ1) is 38.4. The van der Waals surface area contributed by atoms with Gasteiger partial charge in [-0.25, -0.2) is 4.79 Å². The lowest BCUT2D eigenvalue weighted by atomic mass is 10.0. The van der Waals surface area contributed by atoms with Crippen LogP contribution in [0.5, 0.6) is 0 Å². The second kappa shape index (κ2) is 21.1. The number of benzene rings is 1. The number of likely N-dealkylation sites (tertiary alicyclic amines) is 1. The van der Waals surface area contributed by atoms with Gasteiger partial charge in [-0.1, -0.05) is 83.7 Å². The van der Waals surface area contributed by atoms with Crippen molar-refractivity contribution in [3.05, 3.63) is 80.1 Å². The Kier molecular flexibility index (Phi) is 17.6. The van der Waals surface area contributed by atoms with Gasteiger partial charge in [-0.2, -0.15) is 0 Å². The summed E-state index contributed by atoms with van der Waals surface area (Å²) < 4.78 is 7.14. The van der Waals surface area contributed by atoms with E-state index in [0.717, 1.165) is 43.4 Å². The molecule has 2 fully saturated rings. The molecule has 4 rings (SSSR count). The summed E-state index contributed by atoms with van der Waals surface area (Å²) in [6.45, 7) is 12.1. The Hall–Kier alpha value is -3.76. The van der Waals surface area contributed by atoms with E-state index in [-0.39, 0.29) is 30.5 Å². The second-order valence-electron chi connectivity index (χ2n) is 11.9. The van der Waals surface area contributed by atoms with E-state index in [2.05, 4.69) is 48.2 Å². The number of amides is 2. The van der Waals surface area contributed by atoms with Gasteiger partial charge in [0.15, 0.2) is 0 Å². The van der Waals surface area contributed by atoms with Gasteiger partial charge in [0.05, 0.1) is 17.7 Å². The number of piperidine rings is 1. The molecule has 254 valence electrons. The Labute approximate surface area is 274 Å². The first-order valence-electron chi connectivity index (χ1n) is 16.8. The van der Waals surface area contributed by atoms with E-state index in [1.165, 1.54) is 36.1 Å². The maximum atomic E-state index is 12.6. The number of unbranched alkanes of at least 4 members (excludes halogenated alkanes) is 1. The van der Waals surface area contributed by atoms with Crippen LogP contribution >= 0.6 is 0 Å². The van der Waals surface area contributed by atoms with Gasteiger partial charge in [-0.05, 0) is 69.5 Å². The van der Waals surface area contributed by atoms with Gasteiger partial charge >= 0.3 is 5.69 Å². The zero-order valence-electron chi connectivity index (χ0n) is 28.6. The summed E-state index contributed by atoms with van der Waals surface area (Å²) in [5.74, 6) is -0.237. The smallest absolute Gasteiger partial charge is 0.330 e. The van der Waals surface area contributed by atoms with Crippen molar-refractivity contribution >= 4 is 24.0 Å². The molecular formula is C36H55N5O5. The minimum atomic E-state index is -0.502. The predicted octanol–water partition coefficient (Wildman–Crippen LogP) is 5.40. The van der Waals surface area contributed by atoms with Gasteiger partial charge < -0.3 is 15.4 Å². The molecule has 0 aliphatic carbocycles. The van der Waals surface area contributed by atoms with E-state index in [9.17, 15) is 19.2 Å². The van der Waals surface area contributed by atoms with Crippen molar-refractivity contribution in [2.45, 2.75) is 111 Å². The molecule has 0 saturated carbocycles. The summed E-state index contributed by atoms with van der Waals surface area (Å²) in [5.41, 5.74) is 1.11. The molecule has 1 aromatic carbocycles. The summed E-state index contributed by atoms with van der Waals surface area (Å²) in [5, 5.41) is 5.77. The van der Waals surface area contributed by atoms with Crippen molar-refractivity contribution in [3.8, 4) is 0 Å². The van der Waals surface area contributed by atoms with E-state index >= 15 is 0 Å². The molecule has 0 radical (unpaired) electrons. The molecule has 46 heavy (non-hydrogen) atoms. The quantitative estimate of drug-likeness (QED) is 0.300. The number of carbonyl (C=O) groups is 2. The number of nitrogens with one attached hydrogen (secondary N) is 3. The van der Waals surface area contributed by atoms with E-state index in [4.69, 9.17) is 4.74 Å². The molecule has 2 amide bonds. The van der Waals surface area contributed by atoms with Crippen LogP contribution in [0, 0.1) is 0 Å². The van der Waals surface area contributed by atoms with Crippen molar-refractivity contribution in [1.29, 1.82) is 0 Å². The van der Waals surface area contributed by atoms with Crippen LogP contribution < -0.4 is 21.9 Å². The molecule has 2 aromatic rings. The van der Waals surface area contributed by atoms with E-state index in [1.54, 1.807) is 18.2 Å². The third-order valence-electron chi connectivity index (χ3n) is 7.62. The average Bonchev–Trinajstić information content (AvgIpc) is 3.48. The highest BCUT2D eigenvalue weighted by Crippen LogP contribution is 2.26. The molecule has 3 N–H and O–H groups in total. The third-order valence-corrected chi connectivity index (χ3v) is 7.62. The lowest BCUT2D eigenvalue weighted by Gasteiger charge is -2.31. The van der Waals surface area contributed by atoms with Gasteiger partial charge in [0, 0.05) is 25.4 Å². The first-order valence-corrected chi connectivity index (χ1v) is 16.8. The zero-order valence-corrected chi connectivity index (χ0v) is 28.6. The Bertz CT molecular complexity index is 1390. The van der Waals surface area contributed by atoms with Crippen LogP contribution in [-0.2, 0) is 20.9 Å². The monoisotopic (exact) mass is 637 g/mol. The molecular weight excluding hydrogens is 582 g/mol. The number of ether oxygens (including phenoxy) is 1. The molecule has 0 bridgehead atoms. The summed E-state index contributed by atoms with van der Waals surface area (Å²) in [6, 6.07) is 7.58. The van der Waals surface area contributed by atoms with Gasteiger partial charge in [-0.3, -0.25) is 28.8 Å². The molecule has 0 spiro atoms. The highest BCUT2D eigenvalue weighted by atomic mass is 16.5. The number of H-pyrrole nitrogens is 1. The SMILES string of the molecule is CC1CCC(n2cc(/C=C/CNC(=O)/C=C/c3cccc(CNC(=O)C4CCCCN4C)c3)c(=O)[nH]c2=O)O1.CCC.CCCC. The maximum Gasteiger partial charge on any atom is 0.330 e. The number of aromatic nitrogens is 2. The number of rotatable bonds is 10. The Balaban J connectivity index is 0.000000958. The molecule has 3 unspecified atom stereocenters. The van der Waals surface area contributed by atoms with E-state index < -0.39 is 17.5 Å². The molecule has 10 heteroatoms. The van der Waals surface area contributed by atoms with Crippen molar-refractivity contribution in [1.82, 2.24) is 25.1 Å². The van der Waals surface area contributed by atoms with Gasteiger partial charge in [0.1, 0.15) is 6.23 Å². The van der Waals surface area contributed by atoms with Crippen molar-refractivity contribution in [2.75, 3.05) is 20.1 Å². The maximum absolute atomic E-state index is 12.6. The number of hydrogen-bond donors (Lipinski definition) is 3. The summed E-state index contributed by atoms with van der Waals surface area (Å²) in [6.07, 6.45) is 16.1. The molecule has 3 atom stereocenters. The number of aromatic amines is 1. The fourth-order valence-electron chi connectivity index (χ4n) is 4.92. The van der Waals surface area contributed by atoms with Gasteiger partial charge in [0.25, 0.3) is 5.56 Å². The summed E-state index contributed by atoms with van der Waals surface area (Å²) in [7, 11) is 1.99. The molecule has 2 aliphatic heterocycles. The Morgan fingerprint density at radius 3 is 2.41 bits per heavy atom. The Morgan fingerprint density at radius 2 is 1.76 bits per heavy atom. The highest BCUT2D eigenvalue weighted by Gasteiger charge is 2.26. The average molecular weight is 638 g/mol. The lowest BCUT2D eigenvalue weighted by molar-refractivity contribution is -0.127. The number of likely N-dealkylation sites (N-methyl/N-ethyl adjacent to an activating group) is 1. The minimum Gasteiger partial charge on any atom is -0.355 e. The number of carbonyl (C=O) groups excluding carboxylic acids is 2. The molecule has 1 aromatic heterocycles. The van der Waals surface area contributed by atoms with Crippen LogP contribution in [0.15, 0.2) is 52.2 Å². The van der Waals surface area contributed by atoms with E-state index in [0.29, 0.717) is 18.5 Å². The van der Waals surface area contributed by atoms with Crippen LogP contribution in [0.3, 0.4) is 0 Å². The standard InChI is InChI=1S/C29H37N5O5.C4H10.C3H8/c1-20-11-14-26(39-20)34-19-23(27(36)32-29(34)38)9-6-15-30-25(35)13-12-21-7-5-8-22(17-21)18-31-28(37)24-10-3-4-16-33(24)2;1-3-4-2;1-3-2/h5-9,12-13,17,19-20,24,26H,3-4,10-11,14-16,18H2,1-2H3,(H,30,35)(H,31,37)(H,32,36,38);3-4H2,1-2H3;3H2,1-2H3/b9-6+,13-12+;;. The zero-order chi connectivity index (χ0) is 33.9. The van der Waals surface area contributed by atoms with Crippen LogP contribution in [0.25, 0.3) is 12.2 Å². The number of hydrogen-bond acceptors (Lipinski definition) is 6. The summed E-state index contributed by atoms with van der Waals surface area (Å²) >= 11 is 0. The van der Waals surface area contributed by atoms with Crippen LogP contribution in [0.2, 0.25) is 0 Å². The van der Waals surface area contributed by atoms with Gasteiger partial charge in [0.2, 0.25) is 11.8 Å². The fraction of sp³-hybridized carbons (Fsp3) is 0.556. The van der Waals surface area contributed by atoms with Crippen molar-refractivity contribution in [2.24, 2.45) is 0 Å². The van der Waals surface area contributed by atoms with Crippen LogP contribution in [-0.4, -0.2) is 58.5 Å². The van der Waals surface area contributed by atoms with E-state index in [1.807, 2.05) is 38.2 Å². The Morgan fingerprint density at radius 1 is 1.02 bits per heavy atom. The second-order valence-corrected chi connectivity index (χ2v) is 11.9. The van der Waals surface area contributed by atoms with Crippen molar-refractivity contribution < 1.29 is 14.3 Å². The normalized spacial score (nSPS) is 19.7. The first-order chi connectivity index (χ1) is 22.1. The van der Waals surface area contributed by atoms with Crippen molar-refractivity contribution in [3.63, 3.8) is 0 Å². The number of nitrogens with zero attached hydrogens (tertiary/aromatic N) is 2. The minimum absolute atomic E-state index is 0.0489. The molecule has 2 saturated heterocycles. The molecule has 3 heterocycles. The molecule has 2 aliphatic rings. The fourth-order valence-corrected chi connectivity index (χ4v) is 4.92. The van der Waals surface area contributed by atoms with Gasteiger partial charge in [-0.15, -0.1) is 0 Å². The van der Waals surface area contributed by atoms with Crippen LogP contribution in [0.1, 0.15) is 109 Å². The third kappa shape index (κ3) is 13.3. The summed E-state index contributed by atoms with van der Waals surface area (Å²) in [4.78, 5) is 53.6. The predicted molar refractivity (Wildman–Crippen MR) is 186 cm³/mol. The molecule has 10 nitrogen and oxygen atoms in total.